The van der Waals surface area contributed by atoms with E-state index in [4.69, 9.17) is 81.1 Å². The van der Waals surface area contributed by atoms with Crippen LogP contribution in [0.25, 0.3) is 0 Å². The Morgan fingerprint density at radius 3 is 0.946 bits per heavy atom. The summed E-state index contributed by atoms with van der Waals surface area (Å²) in [6, 6.07) is 0. The Labute approximate surface area is 238 Å². The standard InChI is InChI=1S/C13H32Cl4N10O4P6/c1-24(2)32(14)18-33(15,25(3)4)21-36(20-32)28-9-13(10-29-36)11-30-37(31-12-13)22-34(16,26(5)6)19-35(17,23-37)27(7)8/h9-12H2,1-8H3/t32-,33-,34+,35+. The van der Waals surface area contributed by atoms with E-state index in [-0.39, 0.29) is 26.4 Å². The smallest absolute Gasteiger partial charge is 0.305 e. The molecule has 0 aromatic heterocycles. The van der Waals surface area contributed by atoms with Crippen molar-refractivity contribution in [3.63, 3.8) is 0 Å². The molecule has 4 heterocycles. The Kier molecular flexibility index (Phi) is 9.33. The molecular formula is C13H32Cl4N10O4P6. The van der Waals surface area contributed by atoms with Gasteiger partial charge < -0.3 is 18.1 Å². The van der Waals surface area contributed by atoms with E-state index in [2.05, 4.69) is 9.03 Å². The summed E-state index contributed by atoms with van der Waals surface area (Å²) in [7, 11) is 8.12. The third-order valence-electron chi connectivity index (χ3n) is 5.55. The summed E-state index contributed by atoms with van der Waals surface area (Å²) in [4.78, 5) is 0. The summed E-state index contributed by atoms with van der Waals surface area (Å²) >= 11 is 27.5. The number of hydrogen-bond donors (Lipinski definition) is 0. The molecule has 0 aromatic rings. The maximum atomic E-state index is 6.86. The first-order valence-electron chi connectivity index (χ1n) is 10.8. The van der Waals surface area contributed by atoms with Gasteiger partial charge in [-0.2, -0.15) is 27.1 Å². The molecule has 0 saturated carbocycles. The summed E-state index contributed by atoms with van der Waals surface area (Å²) in [6.07, 6.45) is 0. The van der Waals surface area contributed by atoms with Crippen LogP contribution in [0.5, 0.6) is 0 Å². The van der Waals surface area contributed by atoms with Crippen molar-refractivity contribution in [2.75, 3.05) is 82.8 Å². The van der Waals surface area contributed by atoms with Crippen molar-refractivity contribution in [2.45, 2.75) is 0 Å². The molecule has 37 heavy (non-hydrogen) atoms. The SMILES string of the molecule is CN(C)[P@@]1(Cl)=NP2(=N[P@](Cl)(N(C)C)=N1)OCC1(CO2)COP2(=N[P@@](Cl)(N(C)C)=N[P@](Cl)(N(C)C)=N2)OC1. The highest BCUT2D eigenvalue weighted by Crippen LogP contribution is 2.86. The van der Waals surface area contributed by atoms with E-state index < -0.39 is 47.6 Å². The lowest BCUT2D eigenvalue weighted by atomic mass is 9.93. The van der Waals surface area contributed by atoms with E-state index in [1.54, 1.807) is 75.1 Å². The van der Waals surface area contributed by atoms with Crippen molar-refractivity contribution in [3.8, 4) is 0 Å². The predicted octanol–water partition coefficient (Wildman–Crippen LogP) is 8.97. The van der Waals surface area contributed by atoms with E-state index in [9.17, 15) is 0 Å². The highest BCUT2D eigenvalue weighted by Gasteiger charge is 2.52. The fraction of sp³-hybridized carbons (Fsp3) is 1.00. The molecule has 14 nitrogen and oxygen atoms in total. The average molecular weight is 720 g/mol. The molecule has 2 saturated heterocycles. The van der Waals surface area contributed by atoms with Gasteiger partial charge in [-0.25, -0.2) is 18.7 Å². The van der Waals surface area contributed by atoms with Crippen molar-refractivity contribution < 1.29 is 18.1 Å². The van der Waals surface area contributed by atoms with E-state index in [1.807, 2.05) is 0 Å². The van der Waals surface area contributed by atoms with Gasteiger partial charge in [-0.1, -0.05) is 0 Å². The van der Waals surface area contributed by atoms with Crippen LogP contribution >= 0.6 is 87.1 Å². The zero-order valence-electron chi connectivity index (χ0n) is 21.6. The summed E-state index contributed by atoms with van der Waals surface area (Å²) < 4.78 is 60.2. The lowest BCUT2D eigenvalue weighted by Crippen LogP contribution is -2.45. The first-order valence-corrected chi connectivity index (χ1v) is 24.0. The van der Waals surface area contributed by atoms with Crippen molar-refractivity contribution in [3.05, 3.63) is 0 Å². The molecule has 4 aliphatic rings. The van der Waals surface area contributed by atoms with Crippen LogP contribution in [0.3, 0.4) is 0 Å². The molecule has 216 valence electrons. The molecular weight excluding hydrogens is 688 g/mol. The molecule has 0 aliphatic carbocycles. The summed E-state index contributed by atoms with van der Waals surface area (Å²) in [6.45, 7) is -10.6. The lowest BCUT2D eigenvalue weighted by molar-refractivity contribution is -0.0575. The van der Waals surface area contributed by atoms with E-state index in [0.29, 0.717) is 0 Å². The third-order valence-corrected chi connectivity index (χ3v) is 30.9. The Bertz CT molecular complexity index is 1170. The fourth-order valence-corrected chi connectivity index (χ4v) is 28.5. The molecule has 4 rings (SSSR count). The van der Waals surface area contributed by atoms with Crippen molar-refractivity contribution in [1.82, 2.24) is 18.7 Å². The van der Waals surface area contributed by atoms with Gasteiger partial charge in [0, 0.05) is 0 Å². The Hall–Kier alpha value is 2.22. The molecule has 0 N–H and O–H groups in total. The van der Waals surface area contributed by atoms with Crippen LogP contribution in [-0.2, 0) is 18.1 Å². The molecule has 3 spiro atoms. The Morgan fingerprint density at radius 2 is 0.703 bits per heavy atom. The number of rotatable bonds is 4. The van der Waals surface area contributed by atoms with Crippen molar-refractivity contribution in [2.24, 2.45) is 32.5 Å². The van der Waals surface area contributed by atoms with Crippen molar-refractivity contribution >= 4 is 87.1 Å². The second kappa shape index (κ2) is 10.7. The highest BCUT2D eigenvalue weighted by atomic mass is 35.7. The largest absolute Gasteiger partial charge is 0.345 e. The van der Waals surface area contributed by atoms with Gasteiger partial charge in [0.15, 0.2) is 0 Å². The molecule has 0 radical (unpaired) electrons. The molecule has 4 aliphatic heterocycles. The second-order valence-corrected chi connectivity index (χ2v) is 29.4. The topological polar surface area (TPSA) is 124 Å². The molecule has 0 unspecified atom stereocenters. The second-order valence-electron chi connectivity index (χ2n) is 9.48. The molecule has 2 fully saturated rings. The van der Waals surface area contributed by atoms with Crippen LogP contribution in [0.2, 0.25) is 0 Å². The molecule has 0 aromatic carbocycles. The predicted molar refractivity (Wildman–Crippen MR) is 160 cm³/mol. The van der Waals surface area contributed by atoms with Crippen LogP contribution in [0.15, 0.2) is 27.1 Å². The van der Waals surface area contributed by atoms with Gasteiger partial charge in [0.25, 0.3) is 0 Å². The quantitative estimate of drug-likeness (QED) is 0.264. The van der Waals surface area contributed by atoms with E-state index in [0.717, 1.165) is 0 Å². The third kappa shape index (κ3) is 6.16. The minimum absolute atomic E-state index is 0.205. The summed E-state index contributed by atoms with van der Waals surface area (Å²) in [5.74, 6) is 0. The van der Waals surface area contributed by atoms with E-state index >= 15 is 0 Å². The summed E-state index contributed by atoms with van der Waals surface area (Å²) in [5.41, 5.74) is -0.635. The zero-order chi connectivity index (χ0) is 27.7. The van der Waals surface area contributed by atoms with Crippen LogP contribution in [0, 0.1) is 5.41 Å². The minimum atomic E-state index is -3.14. The molecule has 24 heteroatoms. The normalized spacial score (nSPS) is 48.0. The monoisotopic (exact) mass is 718 g/mol. The lowest BCUT2D eigenvalue weighted by Gasteiger charge is -2.46. The maximum absolute atomic E-state index is 6.86. The first-order chi connectivity index (χ1) is 16.8. The zero-order valence-corrected chi connectivity index (χ0v) is 30.0. The van der Waals surface area contributed by atoms with Gasteiger partial charge in [0.2, 0.25) is 26.8 Å². The maximum Gasteiger partial charge on any atom is 0.345 e. The van der Waals surface area contributed by atoms with Gasteiger partial charge >= 0.3 is 15.3 Å². The van der Waals surface area contributed by atoms with Gasteiger partial charge in [-0.15, -0.1) is 0 Å². The summed E-state index contributed by atoms with van der Waals surface area (Å²) in [5, 5.41) is 0. The van der Waals surface area contributed by atoms with Crippen LogP contribution in [0.4, 0.5) is 0 Å². The average Bonchev–Trinajstić information content (AvgIpc) is 2.77. The first kappa shape index (κ1) is 32.1. The Morgan fingerprint density at radius 1 is 0.459 bits per heavy atom. The van der Waals surface area contributed by atoms with Gasteiger partial charge in [0.1, 0.15) is 0 Å². The molecule has 4 atom stereocenters. The molecule has 0 amide bonds. The number of halogens is 4. The fourth-order valence-electron chi connectivity index (χ4n) is 3.03. The van der Waals surface area contributed by atoms with Crippen LogP contribution in [0.1, 0.15) is 0 Å². The number of hydrogen-bond acceptors (Lipinski definition) is 14. The van der Waals surface area contributed by atoms with Gasteiger partial charge in [0.05, 0.1) is 31.8 Å². The Balaban J connectivity index is 1.64. The van der Waals surface area contributed by atoms with Gasteiger partial charge in [-0.3, -0.25) is 0 Å². The van der Waals surface area contributed by atoms with Crippen LogP contribution in [-0.4, -0.2) is 101 Å². The van der Waals surface area contributed by atoms with Crippen LogP contribution < -0.4 is 0 Å². The minimum Gasteiger partial charge on any atom is -0.305 e. The number of nitrogens with zero attached hydrogens (tertiary/aromatic N) is 10. The van der Waals surface area contributed by atoms with Gasteiger partial charge in [-0.05, 0) is 101 Å². The highest BCUT2D eigenvalue weighted by molar-refractivity contribution is 8.03. The van der Waals surface area contributed by atoms with E-state index in [1.165, 1.54) is 0 Å². The molecule has 0 bridgehead atoms. The van der Waals surface area contributed by atoms with Crippen molar-refractivity contribution in [1.29, 1.82) is 0 Å².